The van der Waals surface area contributed by atoms with E-state index >= 15 is 0 Å². The maximum absolute atomic E-state index is 6.16. The van der Waals surface area contributed by atoms with Gasteiger partial charge in [0.2, 0.25) is 0 Å². The first-order valence-electron chi connectivity index (χ1n) is 10.6. The molecule has 0 amide bonds. The van der Waals surface area contributed by atoms with E-state index in [2.05, 4.69) is 55.5 Å². The van der Waals surface area contributed by atoms with Crippen LogP contribution in [0.2, 0.25) is 0 Å². The molecule has 0 radical (unpaired) electrons. The molecular formula is C26H23ClNOS-. The number of nitrogens with zero attached hydrogens (tertiary/aromatic N) is 1. The smallest absolute Gasteiger partial charge is 0.128 e. The number of aryl methyl sites for hydroxylation is 3. The van der Waals surface area contributed by atoms with E-state index in [1.165, 1.54) is 58.2 Å². The largest absolute Gasteiger partial charge is 1.00 e. The Morgan fingerprint density at radius 1 is 0.933 bits per heavy atom. The summed E-state index contributed by atoms with van der Waals surface area (Å²) >= 11 is 1.92. The molecule has 0 spiro atoms. The summed E-state index contributed by atoms with van der Waals surface area (Å²) in [7, 11) is 0. The fourth-order valence-corrected chi connectivity index (χ4v) is 6.21. The van der Waals surface area contributed by atoms with Crippen LogP contribution >= 0.6 is 11.3 Å². The Morgan fingerprint density at radius 3 is 2.63 bits per heavy atom. The number of ether oxygens (including phenoxy) is 1. The van der Waals surface area contributed by atoms with Gasteiger partial charge >= 0.3 is 0 Å². The van der Waals surface area contributed by atoms with E-state index in [0.717, 1.165) is 23.4 Å². The summed E-state index contributed by atoms with van der Waals surface area (Å²) in [6.07, 6.45) is 5.86. The maximum Gasteiger partial charge on any atom is 0.128 e. The summed E-state index contributed by atoms with van der Waals surface area (Å²) < 4.78 is 6.16. The molecule has 0 bridgehead atoms. The van der Waals surface area contributed by atoms with Gasteiger partial charge in [-0.2, -0.15) is 0 Å². The summed E-state index contributed by atoms with van der Waals surface area (Å²) in [6, 6.07) is 17.4. The molecule has 152 valence electrons. The summed E-state index contributed by atoms with van der Waals surface area (Å²) in [5.74, 6) is 0.960. The zero-order valence-electron chi connectivity index (χ0n) is 17.0. The van der Waals surface area contributed by atoms with Crippen LogP contribution in [0.25, 0.3) is 32.6 Å². The predicted molar refractivity (Wildman–Crippen MR) is 121 cm³/mol. The second-order valence-electron chi connectivity index (χ2n) is 8.17. The third-order valence-corrected chi connectivity index (χ3v) is 7.45. The van der Waals surface area contributed by atoms with Crippen LogP contribution in [0, 0.1) is 6.92 Å². The van der Waals surface area contributed by atoms with Gasteiger partial charge in [-0.05, 0) is 67.0 Å². The minimum Gasteiger partial charge on any atom is -1.00 e. The number of fused-ring (bicyclic) bond motifs is 6. The Balaban J connectivity index is 0.00000193. The summed E-state index contributed by atoms with van der Waals surface area (Å²) in [5.41, 5.74) is 9.10. The van der Waals surface area contributed by atoms with Crippen molar-refractivity contribution in [1.82, 2.24) is 4.98 Å². The van der Waals surface area contributed by atoms with E-state index < -0.39 is 0 Å². The first kappa shape index (κ1) is 19.6. The van der Waals surface area contributed by atoms with Gasteiger partial charge < -0.3 is 17.1 Å². The van der Waals surface area contributed by atoms with Crippen LogP contribution < -0.4 is 17.1 Å². The standard InChI is InChI=1S/C26H23NOS.ClH/c1-16-11-12-21-20(15-16)25-19(13-14-28-21)23(17-7-3-2-4-8-17)24-18-9-5-6-10-22(18)29-26(24)27-25;/h2-4,7-8,11-12,15H,5-6,9-10,13-14H2,1H3;1H/p-1. The fraction of sp³-hybridized carbons (Fsp3) is 0.269. The molecule has 6 rings (SSSR count). The highest BCUT2D eigenvalue weighted by atomic mass is 35.5. The highest BCUT2D eigenvalue weighted by Gasteiger charge is 2.27. The highest BCUT2D eigenvalue weighted by molar-refractivity contribution is 7.19. The second-order valence-corrected chi connectivity index (χ2v) is 9.25. The Hall–Kier alpha value is -2.36. The topological polar surface area (TPSA) is 22.1 Å². The molecule has 0 fully saturated rings. The van der Waals surface area contributed by atoms with Crippen molar-refractivity contribution in [3.05, 3.63) is 70.1 Å². The molecule has 4 aromatic rings. The minimum atomic E-state index is 0. The molecule has 2 aromatic carbocycles. The average molecular weight is 433 g/mol. The van der Waals surface area contributed by atoms with Gasteiger partial charge in [-0.3, -0.25) is 0 Å². The molecule has 3 heterocycles. The molecule has 4 heteroatoms. The summed E-state index contributed by atoms with van der Waals surface area (Å²) in [5, 5.41) is 1.41. The normalized spacial score (nSPS) is 14.7. The van der Waals surface area contributed by atoms with Crippen molar-refractivity contribution < 1.29 is 17.1 Å². The van der Waals surface area contributed by atoms with Gasteiger partial charge in [0, 0.05) is 22.2 Å². The van der Waals surface area contributed by atoms with Crippen molar-refractivity contribution >= 4 is 21.6 Å². The third kappa shape index (κ3) is 3.03. The van der Waals surface area contributed by atoms with Crippen LogP contribution in [-0.4, -0.2) is 11.6 Å². The zero-order valence-corrected chi connectivity index (χ0v) is 18.6. The van der Waals surface area contributed by atoms with E-state index in [1.807, 2.05) is 11.3 Å². The number of halogens is 1. The van der Waals surface area contributed by atoms with Gasteiger partial charge in [0.25, 0.3) is 0 Å². The van der Waals surface area contributed by atoms with Gasteiger partial charge in [0.15, 0.2) is 0 Å². The average Bonchev–Trinajstić information content (AvgIpc) is 3.03. The predicted octanol–water partition coefficient (Wildman–Crippen LogP) is 3.76. The molecule has 0 saturated carbocycles. The fourth-order valence-electron chi connectivity index (χ4n) is 4.93. The molecular weight excluding hydrogens is 410 g/mol. The van der Waals surface area contributed by atoms with E-state index in [-0.39, 0.29) is 12.4 Å². The number of hydrogen-bond donors (Lipinski definition) is 0. The Bertz CT molecular complexity index is 1250. The van der Waals surface area contributed by atoms with Crippen molar-refractivity contribution in [1.29, 1.82) is 0 Å². The van der Waals surface area contributed by atoms with E-state index in [4.69, 9.17) is 9.72 Å². The molecule has 0 unspecified atom stereocenters. The van der Waals surface area contributed by atoms with Gasteiger partial charge in [0.05, 0.1) is 12.3 Å². The van der Waals surface area contributed by atoms with Crippen molar-refractivity contribution in [2.45, 2.75) is 39.0 Å². The summed E-state index contributed by atoms with van der Waals surface area (Å²) in [6.45, 7) is 2.84. The molecule has 1 aliphatic carbocycles. The van der Waals surface area contributed by atoms with E-state index in [9.17, 15) is 0 Å². The van der Waals surface area contributed by atoms with Gasteiger partial charge in [-0.15, -0.1) is 11.3 Å². The molecule has 2 nitrogen and oxygen atoms in total. The lowest BCUT2D eigenvalue weighted by Crippen LogP contribution is -3.00. The minimum absolute atomic E-state index is 0. The number of rotatable bonds is 1. The van der Waals surface area contributed by atoms with Gasteiger partial charge in [0.1, 0.15) is 10.6 Å². The molecule has 2 aliphatic rings. The summed E-state index contributed by atoms with van der Waals surface area (Å²) in [4.78, 5) is 8.04. The molecule has 0 N–H and O–H groups in total. The molecule has 30 heavy (non-hydrogen) atoms. The molecule has 0 atom stereocenters. The lowest BCUT2D eigenvalue weighted by Gasteiger charge is -2.17. The van der Waals surface area contributed by atoms with E-state index in [0.29, 0.717) is 6.61 Å². The number of hydrogen-bond acceptors (Lipinski definition) is 3. The quantitative estimate of drug-likeness (QED) is 0.457. The van der Waals surface area contributed by atoms with Crippen molar-refractivity contribution in [2.75, 3.05) is 6.61 Å². The third-order valence-electron chi connectivity index (χ3n) is 6.27. The van der Waals surface area contributed by atoms with Crippen LogP contribution in [0.5, 0.6) is 5.75 Å². The van der Waals surface area contributed by atoms with Crippen molar-refractivity contribution in [3.63, 3.8) is 0 Å². The molecule has 0 saturated heterocycles. The van der Waals surface area contributed by atoms with E-state index in [1.54, 1.807) is 10.4 Å². The number of thiophene rings is 1. The Labute approximate surface area is 187 Å². The first-order chi connectivity index (χ1) is 14.3. The van der Waals surface area contributed by atoms with Crippen molar-refractivity contribution in [3.8, 4) is 28.1 Å². The highest BCUT2D eigenvalue weighted by Crippen LogP contribution is 2.47. The lowest BCUT2D eigenvalue weighted by molar-refractivity contribution is -0.00000611. The van der Waals surface area contributed by atoms with Crippen LogP contribution in [0.15, 0.2) is 48.5 Å². The zero-order chi connectivity index (χ0) is 19.4. The lowest BCUT2D eigenvalue weighted by atomic mass is 9.88. The van der Waals surface area contributed by atoms with Gasteiger partial charge in [-0.25, -0.2) is 4.98 Å². The van der Waals surface area contributed by atoms with Crippen LogP contribution in [-0.2, 0) is 19.3 Å². The van der Waals surface area contributed by atoms with Crippen LogP contribution in [0.4, 0.5) is 0 Å². The Morgan fingerprint density at radius 2 is 1.77 bits per heavy atom. The number of pyridine rings is 1. The van der Waals surface area contributed by atoms with Crippen LogP contribution in [0.1, 0.15) is 34.4 Å². The molecule has 1 aliphatic heterocycles. The number of benzene rings is 2. The van der Waals surface area contributed by atoms with Gasteiger partial charge in [-0.1, -0.05) is 42.0 Å². The maximum atomic E-state index is 6.16. The first-order valence-corrected chi connectivity index (χ1v) is 11.4. The molecule has 2 aromatic heterocycles. The monoisotopic (exact) mass is 432 g/mol. The van der Waals surface area contributed by atoms with Crippen LogP contribution in [0.3, 0.4) is 0 Å². The SMILES string of the molecule is Cc1ccc2c(c1)-c1nc3sc4c(c3c(-c3ccccc3)c1CCO2)CCCC4.[Cl-]. The second kappa shape index (κ2) is 7.72. The number of aromatic nitrogens is 1. The van der Waals surface area contributed by atoms with Crippen molar-refractivity contribution in [2.24, 2.45) is 0 Å². The Kier molecular flexibility index (Phi) is 5.04.